The van der Waals surface area contributed by atoms with Crippen LogP contribution in [0.1, 0.15) is 43.9 Å². The lowest BCUT2D eigenvalue weighted by Gasteiger charge is -2.58. The van der Waals surface area contributed by atoms with Crippen molar-refractivity contribution in [2.75, 3.05) is 19.0 Å². The van der Waals surface area contributed by atoms with Gasteiger partial charge in [-0.3, -0.25) is 14.4 Å². The van der Waals surface area contributed by atoms with Gasteiger partial charge in [-0.15, -0.1) is 0 Å². The summed E-state index contributed by atoms with van der Waals surface area (Å²) in [7, 11) is 3.52. The van der Waals surface area contributed by atoms with Crippen LogP contribution in [0.25, 0.3) is 5.76 Å². The number of nitrogens with one attached hydrogen (secondary N) is 1. The van der Waals surface area contributed by atoms with Crippen LogP contribution in [0.2, 0.25) is 0 Å². The van der Waals surface area contributed by atoms with Gasteiger partial charge in [0.25, 0.3) is 5.91 Å². The summed E-state index contributed by atoms with van der Waals surface area (Å²) in [5.74, 6) is -6.15. The third-order valence-electron chi connectivity index (χ3n) is 9.53. The maximum Gasteiger partial charge on any atom is 0.412 e. The number of phenols is 1. The number of benzene rings is 2. The predicted octanol–water partition coefficient (Wildman–Crippen LogP) is 2.80. The summed E-state index contributed by atoms with van der Waals surface area (Å²) in [6.07, 6.45) is -0.725. The van der Waals surface area contributed by atoms with E-state index >= 15 is 0 Å². The topological polar surface area (TPSA) is 200 Å². The Balaban J connectivity index is 1.64. The van der Waals surface area contributed by atoms with Crippen LogP contribution in [0.5, 0.6) is 11.5 Å². The first-order chi connectivity index (χ1) is 20.5. The number of hydrogen-bond donors (Lipinski definition) is 6. The number of rotatable bonds is 5. The SMILES string of the molecule is C[C@@H]1C(=O)C(C(N)=O)=C(O)[C@@]2(O)C(=O)C3=C(O)c4c(O)c(CNC(=O)Oc5ccccc5)cc(N(C)C)c4C[C@@]3(C)C[C@@]12C. The molecule has 2 amide bonds. The molecule has 0 heterocycles. The quantitative estimate of drug-likeness (QED) is 0.275. The second-order valence-electron chi connectivity index (χ2n) is 12.5. The highest BCUT2D eigenvalue weighted by molar-refractivity contribution is 6.24. The highest BCUT2D eigenvalue weighted by Gasteiger charge is 2.71. The fourth-order valence-corrected chi connectivity index (χ4v) is 7.21. The van der Waals surface area contributed by atoms with Crippen LogP contribution in [0.15, 0.2) is 53.3 Å². The second-order valence-corrected chi connectivity index (χ2v) is 12.5. The minimum Gasteiger partial charge on any atom is -0.508 e. The summed E-state index contributed by atoms with van der Waals surface area (Å²) in [5, 5.41) is 48.8. The Kier molecular flexibility index (Phi) is 7.04. The molecule has 2 aromatic rings. The van der Waals surface area contributed by atoms with E-state index in [0.717, 1.165) is 0 Å². The van der Waals surface area contributed by atoms with E-state index in [1.807, 2.05) is 0 Å². The van der Waals surface area contributed by atoms with Crippen LogP contribution in [-0.2, 0) is 27.3 Å². The number of ether oxygens (including phenoxy) is 1. The molecule has 0 radical (unpaired) electrons. The second kappa shape index (κ2) is 10.1. The number of aliphatic hydroxyl groups excluding tert-OH is 2. The lowest BCUT2D eigenvalue weighted by Crippen LogP contribution is -2.68. The third-order valence-corrected chi connectivity index (χ3v) is 9.53. The number of nitrogens with zero attached hydrogens (tertiary/aromatic N) is 1. The number of nitrogens with two attached hydrogens (primary N) is 1. The van der Waals surface area contributed by atoms with Crippen molar-refractivity contribution >= 4 is 35.0 Å². The number of hydrogen-bond acceptors (Lipinski definition) is 10. The Morgan fingerprint density at radius 2 is 1.75 bits per heavy atom. The third kappa shape index (κ3) is 4.15. The number of fused-ring (bicyclic) bond motifs is 3. The number of amides is 2. The van der Waals surface area contributed by atoms with Crippen LogP contribution in [0, 0.1) is 16.7 Å². The van der Waals surface area contributed by atoms with Crippen molar-refractivity contribution < 1.29 is 44.3 Å². The lowest BCUT2D eigenvalue weighted by molar-refractivity contribution is -0.173. The van der Waals surface area contributed by atoms with Crippen LogP contribution in [-0.4, -0.2) is 63.7 Å². The maximum absolute atomic E-state index is 14.3. The molecule has 5 rings (SSSR count). The number of phenolic OH excluding ortho intramolecular Hbond substituents is 1. The zero-order valence-electron chi connectivity index (χ0n) is 25.0. The minimum atomic E-state index is -2.76. The number of aliphatic hydroxyl groups is 3. The summed E-state index contributed by atoms with van der Waals surface area (Å²) >= 11 is 0. The molecule has 44 heavy (non-hydrogen) atoms. The van der Waals surface area contributed by atoms with Crippen molar-refractivity contribution in [2.24, 2.45) is 22.5 Å². The van der Waals surface area contributed by atoms with Gasteiger partial charge in [0.15, 0.2) is 11.4 Å². The van der Waals surface area contributed by atoms with E-state index in [-0.39, 0.29) is 36.1 Å². The molecule has 3 aliphatic rings. The maximum atomic E-state index is 14.3. The number of Topliss-reactive ketones (excluding diaryl/α,β-unsaturated/α-hetero) is 2. The van der Waals surface area contributed by atoms with Crippen molar-refractivity contribution in [3.8, 4) is 11.5 Å². The van der Waals surface area contributed by atoms with E-state index in [0.29, 0.717) is 17.0 Å². The van der Waals surface area contributed by atoms with Gasteiger partial charge in [-0.05, 0) is 36.6 Å². The van der Waals surface area contributed by atoms with Crippen LogP contribution >= 0.6 is 0 Å². The summed E-state index contributed by atoms with van der Waals surface area (Å²) in [6, 6.07) is 10.0. The zero-order valence-corrected chi connectivity index (χ0v) is 25.0. The molecule has 12 heteroatoms. The van der Waals surface area contributed by atoms with E-state index in [9.17, 15) is 39.6 Å². The van der Waals surface area contributed by atoms with Gasteiger partial charge < -0.3 is 41.1 Å². The van der Waals surface area contributed by atoms with Crippen LogP contribution < -0.4 is 20.7 Å². The standard InChI is InChI=1S/C32H35N3O9/c1-15-23(36)21(28(33)41)26(39)32(43)27(40)22-25(38)20-18(12-30(22,2)14-31(15,32)3)19(35(4)5)11-16(24(20)37)13-34-29(42)44-17-9-7-6-8-10-17/h6-11,15,37-39,43H,12-14H2,1-5H3,(H2,33,41)(H,34,42)/t15-,30+,31+,32-/m1/s1. The first-order valence-electron chi connectivity index (χ1n) is 14.0. The van der Waals surface area contributed by atoms with Gasteiger partial charge in [0.05, 0.1) is 5.56 Å². The minimum absolute atomic E-state index is 0.0493. The summed E-state index contributed by atoms with van der Waals surface area (Å²) in [6.45, 7) is 4.46. The average Bonchev–Trinajstić information content (AvgIpc) is 2.94. The number of carbonyl (C=O) groups excluding carboxylic acids is 4. The van der Waals surface area contributed by atoms with Gasteiger partial charge >= 0.3 is 6.09 Å². The monoisotopic (exact) mass is 605 g/mol. The Bertz CT molecular complexity index is 1700. The van der Waals surface area contributed by atoms with Gasteiger partial charge in [-0.2, -0.15) is 0 Å². The van der Waals surface area contributed by atoms with Gasteiger partial charge in [-0.25, -0.2) is 4.79 Å². The molecular weight excluding hydrogens is 570 g/mol. The molecule has 0 aromatic heterocycles. The Morgan fingerprint density at radius 1 is 1.11 bits per heavy atom. The number of aromatic hydroxyl groups is 1. The van der Waals surface area contributed by atoms with Crippen molar-refractivity contribution in [1.82, 2.24) is 5.32 Å². The first kappa shape index (κ1) is 30.6. The van der Waals surface area contributed by atoms with Crippen molar-refractivity contribution in [3.05, 3.63) is 70.0 Å². The molecule has 1 saturated carbocycles. The van der Waals surface area contributed by atoms with Crippen molar-refractivity contribution in [3.63, 3.8) is 0 Å². The summed E-state index contributed by atoms with van der Waals surface area (Å²) < 4.78 is 5.25. The number of para-hydroxylation sites is 1. The molecule has 2 aromatic carbocycles. The molecular formula is C32H35N3O9. The summed E-state index contributed by atoms with van der Waals surface area (Å²) in [4.78, 5) is 53.8. The Morgan fingerprint density at radius 3 is 2.34 bits per heavy atom. The first-order valence-corrected chi connectivity index (χ1v) is 14.0. The molecule has 12 nitrogen and oxygen atoms in total. The normalized spacial score (nSPS) is 27.7. The van der Waals surface area contributed by atoms with Gasteiger partial charge in [0, 0.05) is 54.2 Å². The molecule has 4 atom stereocenters. The predicted molar refractivity (Wildman–Crippen MR) is 159 cm³/mol. The largest absolute Gasteiger partial charge is 0.508 e. The summed E-state index contributed by atoms with van der Waals surface area (Å²) in [5.41, 5.74) is -0.0481. The van der Waals surface area contributed by atoms with E-state index in [1.54, 1.807) is 62.3 Å². The Hall–Kier alpha value is -4.84. The van der Waals surface area contributed by atoms with E-state index in [4.69, 9.17) is 10.5 Å². The molecule has 7 N–H and O–H groups in total. The average molecular weight is 606 g/mol. The van der Waals surface area contributed by atoms with E-state index in [1.165, 1.54) is 13.8 Å². The molecule has 0 unspecified atom stereocenters. The molecule has 0 aliphatic heterocycles. The fourth-order valence-electron chi connectivity index (χ4n) is 7.21. The van der Waals surface area contributed by atoms with E-state index in [2.05, 4.69) is 5.32 Å². The van der Waals surface area contributed by atoms with Gasteiger partial charge in [0.1, 0.15) is 28.6 Å². The highest BCUT2D eigenvalue weighted by atomic mass is 16.6. The van der Waals surface area contributed by atoms with Crippen LogP contribution in [0.4, 0.5) is 10.5 Å². The molecule has 1 fully saturated rings. The van der Waals surface area contributed by atoms with E-state index < -0.39 is 68.8 Å². The lowest BCUT2D eigenvalue weighted by atomic mass is 9.45. The number of primary amides is 1. The van der Waals surface area contributed by atoms with Gasteiger partial charge in [0.2, 0.25) is 5.78 Å². The van der Waals surface area contributed by atoms with Crippen molar-refractivity contribution in [1.29, 1.82) is 0 Å². The number of ketones is 2. The molecule has 0 bridgehead atoms. The van der Waals surface area contributed by atoms with Crippen LogP contribution in [0.3, 0.4) is 0 Å². The molecule has 3 aliphatic carbocycles. The fraction of sp³-hybridized carbons (Fsp3) is 0.375. The molecule has 0 spiro atoms. The Labute approximate surface area is 253 Å². The van der Waals surface area contributed by atoms with Crippen molar-refractivity contribution in [2.45, 2.75) is 45.8 Å². The highest BCUT2D eigenvalue weighted by Crippen LogP contribution is 2.64. The number of carbonyl (C=O) groups is 4. The number of anilines is 1. The zero-order chi connectivity index (χ0) is 32.5. The van der Waals surface area contributed by atoms with Gasteiger partial charge in [-0.1, -0.05) is 39.0 Å². The molecule has 232 valence electrons. The smallest absolute Gasteiger partial charge is 0.412 e. The molecule has 0 saturated heterocycles.